The first-order valence-electron chi connectivity index (χ1n) is 7.66. The Labute approximate surface area is 156 Å². The number of carbonyl (C=O) groups excluding carboxylic acids is 1. The molecule has 0 aliphatic heterocycles. The minimum Gasteiger partial charge on any atom is -0.368 e. The van der Waals surface area contributed by atoms with Crippen molar-refractivity contribution in [1.82, 2.24) is 15.3 Å². The quantitative estimate of drug-likeness (QED) is 0.585. The number of anilines is 2. The van der Waals surface area contributed by atoms with Crippen molar-refractivity contribution >= 4 is 33.6 Å². The van der Waals surface area contributed by atoms with Gasteiger partial charge in [0.05, 0.1) is 0 Å². The number of nitrogens with zero attached hydrogens (tertiary/aromatic N) is 2. The number of nitrogens with one attached hydrogen (secondary N) is 3. The van der Waals surface area contributed by atoms with E-state index in [4.69, 9.17) is 0 Å². The second kappa shape index (κ2) is 8.84. The molecule has 6 nitrogen and oxygen atoms in total. The second-order valence-electron chi connectivity index (χ2n) is 5.35. The molecule has 26 heavy (non-hydrogen) atoms. The smallest absolute Gasteiger partial charge is 0.368 e. The van der Waals surface area contributed by atoms with Crippen molar-refractivity contribution in [2.75, 3.05) is 23.7 Å². The van der Waals surface area contributed by atoms with Crippen molar-refractivity contribution in [1.29, 1.82) is 0 Å². The van der Waals surface area contributed by atoms with Gasteiger partial charge in [0.15, 0.2) is 0 Å². The number of amides is 1. The first-order valence-corrected chi connectivity index (χ1v) is 8.46. The molecule has 0 aliphatic carbocycles. The fraction of sp³-hybridized carbons (Fsp3) is 0.312. The van der Waals surface area contributed by atoms with Gasteiger partial charge in [-0.2, -0.15) is 18.2 Å². The number of carbonyl (C=O) groups is 1. The lowest BCUT2D eigenvalue weighted by molar-refractivity contribution is -0.137. The molecule has 1 heterocycles. The molecular weight excluding hydrogens is 415 g/mol. The SMILES string of the molecule is CC(=O)NCCNc1nc(NCc2cccc(Br)c2)ncc1C(F)(F)F. The van der Waals surface area contributed by atoms with Crippen LogP contribution in [0.25, 0.3) is 0 Å². The first-order chi connectivity index (χ1) is 12.3. The molecule has 0 fully saturated rings. The fourth-order valence-electron chi connectivity index (χ4n) is 2.06. The maximum Gasteiger partial charge on any atom is 0.421 e. The van der Waals surface area contributed by atoms with Crippen LogP contribution in [0.15, 0.2) is 34.9 Å². The van der Waals surface area contributed by atoms with Gasteiger partial charge in [-0.3, -0.25) is 4.79 Å². The number of hydrogen-bond donors (Lipinski definition) is 3. The molecular formula is C16H17BrF3N5O. The van der Waals surface area contributed by atoms with Crippen LogP contribution in [0.4, 0.5) is 24.9 Å². The summed E-state index contributed by atoms with van der Waals surface area (Å²) >= 11 is 3.35. The summed E-state index contributed by atoms with van der Waals surface area (Å²) in [5.41, 5.74) is -0.0450. The number of aromatic nitrogens is 2. The number of halogens is 4. The minimum atomic E-state index is -4.58. The third kappa shape index (κ3) is 6.17. The summed E-state index contributed by atoms with van der Waals surface area (Å²) in [6.07, 6.45) is -3.85. The van der Waals surface area contributed by atoms with Gasteiger partial charge in [0.25, 0.3) is 0 Å². The van der Waals surface area contributed by atoms with E-state index in [2.05, 4.69) is 41.8 Å². The number of benzene rings is 1. The van der Waals surface area contributed by atoms with E-state index < -0.39 is 11.7 Å². The van der Waals surface area contributed by atoms with Crippen molar-refractivity contribution in [2.45, 2.75) is 19.6 Å². The van der Waals surface area contributed by atoms with Gasteiger partial charge >= 0.3 is 6.18 Å². The minimum absolute atomic E-state index is 0.0694. The number of rotatable bonds is 7. The maximum absolute atomic E-state index is 13.1. The summed E-state index contributed by atoms with van der Waals surface area (Å²) in [6, 6.07) is 7.47. The van der Waals surface area contributed by atoms with Gasteiger partial charge < -0.3 is 16.0 Å². The average molecular weight is 432 g/mol. The van der Waals surface area contributed by atoms with Crippen LogP contribution in [0.2, 0.25) is 0 Å². The molecule has 0 spiro atoms. The predicted octanol–water partition coefficient (Wildman–Crippen LogP) is 3.42. The Hall–Kier alpha value is -2.36. The van der Waals surface area contributed by atoms with Gasteiger partial charge in [-0.25, -0.2) is 4.98 Å². The van der Waals surface area contributed by atoms with E-state index in [0.29, 0.717) is 6.54 Å². The summed E-state index contributed by atoms with van der Waals surface area (Å²) in [6.45, 7) is 1.97. The number of hydrogen-bond acceptors (Lipinski definition) is 5. The second-order valence-corrected chi connectivity index (χ2v) is 6.26. The molecule has 0 saturated carbocycles. The monoisotopic (exact) mass is 431 g/mol. The Kier molecular flexibility index (Phi) is 6.78. The van der Waals surface area contributed by atoms with Gasteiger partial charge in [0.1, 0.15) is 11.4 Å². The fourth-order valence-corrected chi connectivity index (χ4v) is 2.50. The van der Waals surface area contributed by atoms with Gasteiger partial charge in [-0.15, -0.1) is 0 Å². The Morgan fingerprint density at radius 2 is 2.00 bits per heavy atom. The van der Waals surface area contributed by atoms with Crippen molar-refractivity contribution < 1.29 is 18.0 Å². The molecule has 0 aliphatic rings. The Bertz CT molecular complexity index is 770. The number of alkyl halides is 3. The lowest BCUT2D eigenvalue weighted by Crippen LogP contribution is -2.27. The molecule has 0 atom stereocenters. The molecule has 0 bridgehead atoms. The van der Waals surface area contributed by atoms with E-state index in [1.807, 2.05) is 24.3 Å². The highest BCUT2D eigenvalue weighted by Gasteiger charge is 2.35. The highest BCUT2D eigenvalue weighted by molar-refractivity contribution is 9.10. The zero-order valence-electron chi connectivity index (χ0n) is 13.8. The Morgan fingerprint density at radius 3 is 2.65 bits per heavy atom. The van der Waals surface area contributed by atoms with Crippen LogP contribution >= 0.6 is 15.9 Å². The van der Waals surface area contributed by atoms with Crippen LogP contribution in [-0.2, 0) is 17.5 Å². The molecule has 1 amide bonds. The van der Waals surface area contributed by atoms with Crippen molar-refractivity contribution in [3.05, 3.63) is 46.1 Å². The van der Waals surface area contributed by atoms with Gasteiger partial charge in [-0.1, -0.05) is 28.1 Å². The lowest BCUT2D eigenvalue weighted by atomic mass is 10.2. The summed E-state index contributed by atoms with van der Waals surface area (Å²) in [5.74, 6) is -0.531. The highest BCUT2D eigenvalue weighted by Crippen LogP contribution is 2.33. The third-order valence-corrected chi connectivity index (χ3v) is 3.72. The molecule has 3 N–H and O–H groups in total. The lowest BCUT2D eigenvalue weighted by Gasteiger charge is -2.15. The van der Waals surface area contributed by atoms with E-state index in [-0.39, 0.29) is 30.8 Å². The van der Waals surface area contributed by atoms with E-state index in [1.165, 1.54) is 6.92 Å². The molecule has 10 heteroatoms. The van der Waals surface area contributed by atoms with E-state index in [9.17, 15) is 18.0 Å². The van der Waals surface area contributed by atoms with Crippen LogP contribution in [0.5, 0.6) is 0 Å². The van der Waals surface area contributed by atoms with E-state index in [0.717, 1.165) is 16.2 Å². The van der Waals surface area contributed by atoms with Crippen molar-refractivity contribution in [2.24, 2.45) is 0 Å². The molecule has 1 aromatic heterocycles. The Morgan fingerprint density at radius 1 is 1.23 bits per heavy atom. The molecule has 2 rings (SSSR count). The molecule has 1 aromatic carbocycles. The maximum atomic E-state index is 13.1. The zero-order valence-corrected chi connectivity index (χ0v) is 15.4. The van der Waals surface area contributed by atoms with E-state index >= 15 is 0 Å². The zero-order chi connectivity index (χ0) is 19.2. The molecule has 0 saturated heterocycles. The molecule has 0 unspecified atom stereocenters. The topological polar surface area (TPSA) is 78.9 Å². The van der Waals surface area contributed by atoms with Gasteiger partial charge in [-0.05, 0) is 17.7 Å². The van der Waals surface area contributed by atoms with Crippen molar-refractivity contribution in [3.8, 4) is 0 Å². The average Bonchev–Trinajstić information content (AvgIpc) is 2.56. The van der Waals surface area contributed by atoms with Gasteiger partial charge in [0, 0.05) is 37.2 Å². The van der Waals surface area contributed by atoms with Crippen LogP contribution in [0.1, 0.15) is 18.1 Å². The van der Waals surface area contributed by atoms with Crippen molar-refractivity contribution in [3.63, 3.8) is 0 Å². The van der Waals surface area contributed by atoms with Crippen LogP contribution < -0.4 is 16.0 Å². The Balaban J connectivity index is 2.10. The van der Waals surface area contributed by atoms with Gasteiger partial charge in [0.2, 0.25) is 11.9 Å². The molecule has 2 aromatic rings. The molecule has 0 radical (unpaired) electrons. The standard InChI is InChI=1S/C16H17BrF3N5O/c1-10(26)21-5-6-22-14-13(16(18,19)20)9-24-15(25-14)23-8-11-3-2-4-12(17)7-11/h2-4,7,9H,5-6,8H2,1H3,(H,21,26)(H2,22,23,24,25). The third-order valence-electron chi connectivity index (χ3n) is 3.23. The summed E-state index contributed by atoms with van der Waals surface area (Å²) in [7, 11) is 0. The van der Waals surface area contributed by atoms with Crippen LogP contribution in [0.3, 0.4) is 0 Å². The highest BCUT2D eigenvalue weighted by atomic mass is 79.9. The normalized spacial score (nSPS) is 11.1. The van der Waals surface area contributed by atoms with Crippen LogP contribution in [0, 0.1) is 0 Å². The molecule has 140 valence electrons. The predicted molar refractivity (Wildman–Crippen MR) is 95.7 cm³/mol. The summed E-state index contributed by atoms with van der Waals surface area (Å²) in [5, 5.41) is 7.98. The van der Waals surface area contributed by atoms with E-state index in [1.54, 1.807) is 0 Å². The first kappa shape index (κ1) is 20.0. The van der Waals surface area contributed by atoms with Crippen LogP contribution in [-0.4, -0.2) is 29.0 Å². The largest absolute Gasteiger partial charge is 0.421 e. The summed E-state index contributed by atoms with van der Waals surface area (Å²) in [4.78, 5) is 18.5. The summed E-state index contributed by atoms with van der Waals surface area (Å²) < 4.78 is 40.2.